The molecule has 13 heavy (non-hydrogen) atoms. The van der Waals surface area contributed by atoms with E-state index in [-0.39, 0.29) is 0 Å². The maximum atomic E-state index is 11.1. The lowest BCUT2D eigenvalue weighted by Crippen LogP contribution is -2.14. The summed E-state index contributed by atoms with van der Waals surface area (Å²) in [6.07, 6.45) is 3.98. The molecule has 0 bridgehead atoms. The fraction of sp³-hybridized carbons (Fsp3) is 0.200. The summed E-state index contributed by atoms with van der Waals surface area (Å²) in [5, 5.41) is 3.34. The van der Waals surface area contributed by atoms with Crippen LogP contribution < -0.4 is 5.32 Å². The van der Waals surface area contributed by atoms with Crippen molar-refractivity contribution in [1.82, 2.24) is 5.32 Å². The number of rotatable bonds is 4. The fourth-order valence-corrected chi connectivity index (χ4v) is 1.20. The first-order chi connectivity index (χ1) is 6.20. The monoisotopic (exact) mass is 176 g/mol. The third-order valence-electron chi connectivity index (χ3n) is 1.78. The molecule has 3 nitrogen and oxygen atoms in total. The highest BCUT2D eigenvalue weighted by Crippen LogP contribution is 2.20. The molecular weight excluding hydrogens is 166 g/mol. The zero-order valence-electron chi connectivity index (χ0n) is 7.25. The first kappa shape index (κ1) is 9.45. The molecule has 2 amide bonds. The number of nitrogens with zero attached hydrogens (tertiary/aromatic N) is 1. The van der Waals surface area contributed by atoms with Crippen LogP contribution in [0.25, 0.3) is 0 Å². The third kappa shape index (κ3) is 1.75. The smallest absolute Gasteiger partial charge is 0.267 e. The molecule has 0 atom stereocenters. The number of amides is 2. The van der Waals surface area contributed by atoms with Crippen molar-refractivity contribution in [3.63, 3.8) is 0 Å². The van der Waals surface area contributed by atoms with E-state index in [0.29, 0.717) is 24.0 Å². The van der Waals surface area contributed by atoms with Crippen LogP contribution in [0.5, 0.6) is 0 Å². The molecule has 0 aromatic rings. The molecule has 1 heterocycles. The molecule has 0 unspecified atom stereocenters. The Bertz CT molecular complexity index is 283. The predicted molar refractivity (Wildman–Crippen MR) is 48.8 cm³/mol. The van der Waals surface area contributed by atoms with Gasteiger partial charge in [-0.05, 0) is 12.8 Å². The highest BCUT2D eigenvalue weighted by atomic mass is 16.2. The highest BCUT2D eigenvalue weighted by Gasteiger charge is 2.29. The summed E-state index contributed by atoms with van der Waals surface area (Å²) in [6, 6.07) is 0. The van der Waals surface area contributed by atoms with Crippen LogP contribution in [-0.4, -0.2) is 11.8 Å². The van der Waals surface area contributed by atoms with Crippen LogP contribution in [-0.2, 0) is 9.59 Å². The normalized spacial score (nSPS) is 16.0. The number of imide groups is 1. The fourth-order valence-electron chi connectivity index (χ4n) is 1.20. The van der Waals surface area contributed by atoms with Crippen LogP contribution in [0.2, 0.25) is 0 Å². The molecule has 0 fully saturated rings. The van der Waals surface area contributed by atoms with Crippen molar-refractivity contribution in [1.29, 1.82) is 0 Å². The summed E-state index contributed by atoms with van der Waals surface area (Å²) in [4.78, 5) is 22.3. The van der Waals surface area contributed by atoms with Crippen molar-refractivity contribution in [2.75, 3.05) is 0 Å². The van der Waals surface area contributed by atoms with Gasteiger partial charge in [0.15, 0.2) is 0 Å². The van der Waals surface area contributed by atoms with E-state index in [4.69, 9.17) is 0 Å². The molecule has 0 saturated carbocycles. The van der Waals surface area contributed by atoms with E-state index >= 15 is 0 Å². The van der Waals surface area contributed by atoms with E-state index in [1.807, 2.05) is 0 Å². The van der Waals surface area contributed by atoms with Gasteiger partial charge in [0, 0.05) is 11.1 Å². The number of hydrogen-bond donors (Lipinski definition) is 0. The second-order valence-corrected chi connectivity index (χ2v) is 2.66. The molecule has 0 aromatic carbocycles. The summed E-state index contributed by atoms with van der Waals surface area (Å²) in [7, 11) is 0. The van der Waals surface area contributed by atoms with E-state index in [0.717, 1.165) is 0 Å². The van der Waals surface area contributed by atoms with Gasteiger partial charge in [0.25, 0.3) is 11.8 Å². The van der Waals surface area contributed by atoms with Crippen LogP contribution >= 0.6 is 0 Å². The number of hydrogen-bond acceptors (Lipinski definition) is 2. The van der Waals surface area contributed by atoms with Crippen molar-refractivity contribution in [2.45, 2.75) is 12.8 Å². The van der Waals surface area contributed by atoms with E-state index in [9.17, 15) is 9.59 Å². The minimum absolute atomic E-state index is 0.400. The van der Waals surface area contributed by atoms with Crippen molar-refractivity contribution in [2.24, 2.45) is 0 Å². The standard InChI is InChI=1S/C10H10NO2/c1-3-5-7-8(6-4-2)10(13)11-9(7)12/h3-4H,1-2,5-6H2. The summed E-state index contributed by atoms with van der Waals surface area (Å²) in [6.45, 7) is 7.03. The van der Waals surface area contributed by atoms with Gasteiger partial charge in [-0.3, -0.25) is 9.59 Å². The Hall–Kier alpha value is -1.64. The van der Waals surface area contributed by atoms with Crippen molar-refractivity contribution < 1.29 is 9.59 Å². The lowest BCUT2D eigenvalue weighted by Gasteiger charge is -1.95. The molecule has 3 heteroatoms. The molecule has 1 rings (SSSR count). The molecular formula is C10H10NO2. The molecule has 0 saturated heterocycles. The van der Waals surface area contributed by atoms with Gasteiger partial charge in [-0.1, -0.05) is 12.2 Å². The Kier molecular flexibility index (Phi) is 2.80. The van der Waals surface area contributed by atoms with Gasteiger partial charge in [0.1, 0.15) is 0 Å². The van der Waals surface area contributed by atoms with E-state index in [1.165, 1.54) is 0 Å². The lowest BCUT2D eigenvalue weighted by atomic mass is 10.0. The quantitative estimate of drug-likeness (QED) is 0.475. The average Bonchev–Trinajstić information content (AvgIpc) is 2.33. The molecule has 1 radical (unpaired) electrons. The maximum Gasteiger partial charge on any atom is 0.277 e. The Morgan fingerprint density at radius 2 is 1.38 bits per heavy atom. The molecule has 0 aromatic heterocycles. The summed E-state index contributed by atoms with van der Waals surface area (Å²) < 4.78 is 0. The Morgan fingerprint density at radius 3 is 1.69 bits per heavy atom. The number of carbonyl (C=O) groups is 2. The largest absolute Gasteiger partial charge is 0.277 e. The van der Waals surface area contributed by atoms with Gasteiger partial charge in [-0.2, -0.15) is 5.32 Å². The minimum Gasteiger partial charge on any atom is -0.267 e. The Balaban J connectivity index is 3.00. The van der Waals surface area contributed by atoms with Crippen molar-refractivity contribution in [3.8, 4) is 0 Å². The Morgan fingerprint density at radius 1 is 1.00 bits per heavy atom. The predicted octanol–water partition coefficient (Wildman–Crippen LogP) is 1.11. The maximum absolute atomic E-state index is 11.1. The van der Waals surface area contributed by atoms with Gasteiger partial charge in [0.05, 0.1) is 0 Å². The second kappa shape index (κ2) is 3.85. The minimum atomic E-state index is -0.429. The molecule has 0 aliphatic carbocycles. The summed E-state index contributed by atoms with van der Waals surface area (Å²) in [5.74, 6) is -0.858. The van der Waals surface area contributed by atoms with Crippen molar-refractivity contribution >= 4 is 11.8 Å². The SMILES string of the molecule is C=CCC1=C(CC=C)C(=O)[N]C1=O. The number of allylic oxidation sites excluding steroid dienone is 2. The Labute approximate surface area is 76.8 Å². The van der Waals surface area contributed by atoms with Crippen LogP contribution in [0.15, 0.2) is 36.5 Å². The zero-order chi connectivity index (χ0) is 9.84. The van der Waals surface area contributed by atoms with E-state index < -0.39 is 11.8 Å². The van der Waals surface area contributed by atoms with Crippen LogP contribution in [0, 0.1) is 0 Å². The van der Waals surface area contributed by atoms with Crippen LogP contribution in [0.4, 0.5) is 0 Å². The van der Waals surface area contributed by atoms with Crippen LogP contribution in [0.1, 0.15) is 12.8 Å². The molecule has 1 aliphatic heterocycles. The zero-order valence-corrected chi connectivity index (χ0v) is 7.25. The van der Waals surface area contributed by atoms with E-state index in [1.54, 1.807) is 12.2 Å². The van der Waals surface area contributed by atoms with Crippen molar-refractivity contribution in [3.05, 3.63) is 36.5 Å². The van der Waals surface area contributed by atoms with E-state index in [2.05, 4.69) is 18.5 Å². The van der Waals surface area contributed by atoms with Gasteiger partial charge in [-0.25, -0.2) is 0 Å². The molecule has 0 spiro atoms. The first-order valence-electron chi connectivity index (χ1n) is 3.95. The lowest BCUT2D eigenvalue weighted by molar-refractivity contribution is -0.124. The summed E-state index contributed by atoms with van der Waals surface area (Å²) >= 11 is 0. The first-order valence-corrected chi connectivity index (χ1v) is 3.95. The molecule has 1 aliphatic rings. The topological polar surface area (TPSA) is 48.2 Å². The molecule has 67 valence electrons. The second-order valence-electron chi connectivity index (χ2n) is 2.66. The van der Waals surface area contributed by atoms with Gasteiger partial charge in [0.2, 0.25) is 0 Å². The molecule has 0 N–H and O–H groups in total. The van der Waals surface area contributed by atoms with Gasteiger partial charge >= 0.3 is 0 Å². The number of carbonyl (C=O) groups excluding carboxylic acids is 2. The average molecular weight is 176 g/mol. The third-order valence-corrected chi connectivity index (χ3v) is 1.78. The summed E-state index contributed by atoms with van der Waals surface area (Å²) in [5.41, 5.74) is 0.916. The van der Waals surface area contributed by atoms with Crippen LogP contribution in [0.3, 0.4) is 0 Å². The van der Waals surface area contributed by atoms with Gasteiger partial charge < -0.3 is 0 Å². The highest BCUT2D eigenvalue weighted by molar-refractivity contribution is 6.19. The van der Waals surface area contributed by atoms with Gasteiger partial charge in [-0.15, -0.1) is 13.2 Å².